The van der Waals surface area contributed by atoms with Gasteiger partial charge < -0.3 is 0 Å². The van der Waals surface area contributed by atoms with Crippen LogP contribution in [0.25, 0.3) is 108 Å². The van der Waals surface area contributed by atoms with Gasteiger partial charge in [0.25, 0.3) is 0 Å². The Kier molecular flexibility index (Phi) is 7.83. The van der Waals surface area contributed by atoms with Gasteiger partial charge in [-0.15, -0.1) is 22.7 Å². The monoisotopic (exact) mass is 750 g/mol. The molecule has 0 radical (unpaired) electrons. The van der Waals surface area contributed by atoms with Gasteiger partial charge in [0.15, 0.2) is 11.6 Å². The second kappa shape index (κ2) is 13.5. The topological polar surface area (TPSA) is 51.6 Å². The normalized spacial score (nSPS) is 11.6. The zero-order valence-electron chi connectivity index (χ0n) is 29.9. The van der Waals surface area contributed by atoms with E-state index in [9.17, 15) is 0 Å². The fourth-order valence-corrected chi connectivity index (χ4v) is 9.81. The van der Waals surface area contributed by atoms with Crippen molar-refractivity contribution in [1.82, 2.24) is 19.9 Å². The molecule has 56 heavy (non-hydrogen) atoms. The lowest BCUT2D eigenvalue weighted by Crippen LogP contribution is -1.93. The maximum absolute atomic E-state index is 5.14. The van der Waals surface area contributed by atoms with Gasteiger partial charge in [-0.2, -0.15) is 0 Å². The van der Waals surface area contributed by atoms with Crippen LogP contribution in [0.3, 0.4) is 0 Å². The van der Waals surface area contributed by atoms with Gasteiger partial charge in [0.2, 0.25) is 0 Å². The lowest BCUT2D eigenvalue weighted by Gasteiger charge is -2.09. The molecule has 0 saturated heterocycles. The molecule has 0 aliphatic heterocycles. The van der Waals surface area contributed by atoms with E-state index in [4.69, 9.17) is 19.9 Å². The summed E-state index contributed by atoms with van der Waals surface area (Å²) in [5, 5.41) is 2.33. The Morgan fingerprint density at radius 3 is 0.964 bits per heavy atom. The standard InChI is InChI=1S/C50H30N4S2/c1-3-11-35(12-4-1)43-47-45(39-15-7-9-17-41(39)55-47)53-49(51-43)37-27-23-33(24-28-37)31-19-21-32(22-20-31)34-25-29-38(30-26-34)50-52-44(36-13-5-2-6-14-36)48-46(54-50)40-16-8-10-18-42(40)56-48/h1-30H. The molecule has 4 heterocycles. The molecule has 0 aliphatic rings. The van der Waals surface area contributed by atoms with E-state index in [1.54, 1.807) is 22.7 Å². The first-order chi connectivity index (χ1) is 27.7. The highest BCUT2D eigenvalue weighted by Gasteiger charge is 2.18. The summed E-state index contributed by atoms with van der Waals surface area (Å²) in [6.45, 7) is 0. The molecule has 0 atom stereocenters. The minimum atomic E-state index is 0.732. The average Bonchev–Trinajstić information content (AvgIpc) is 3.85. The molecule has 0 saturated carbocycles. The summed E-state index contributed by atoms with van der Waals surface area (Å²) in [4.78, 5) is 20.5. The number of aromatic nitrogens is 4. The van der Waals surface area contributed by atoms with E-state index in [2.05, 4.69) is 170 Å². The second-order valence-corrected chi connectivity index (χ2v) is 15.9. The van der Waals surface area contributed by atoms with Crippen LogP contribution in [-0.2, 0) is 0 Å². The molecule has 0 amide bonds. The highest BCUT2D eigenvalue weighted by atomic mass is 32.1. The van der Waals surface area contributed by atoms with E-state index in [1.165, 1.54) is 20.2 Å². The number of hydrogen-bond donors (Lipinski definition) is 0. The number of benzene rings is 7. The second-order valence-electron chi connectivity index (χ2n) is 13.8. The van der Waals surface area contributed by atoms with E-state index in [-0.39, 0.29) is 0 Å². The number of thiophene rings is 2. The predicted octanol–water partition coefficient (Wildman–Crippen LogP) is 14.0. The van der Waals surface area contributed by atoms with Gasteiger partial charge in [0.05, 0.1) is 31.8 Å². The summed E-state index contributed by atoms with van der Waals surface area (Å²) in [6.07, 6.45) is 0. The van der Waals surface area contributed by atoms with Gasteiger partial charge in [0, 0.05) is 42.4 Å². The molecule has 4 nitrogen and oxygen atoms in total. The van der Waals surface area contributed by atoms with Crippen LogP contribution in [0.1, 0.15) is 0 Å². The minimum Gasteiger partial charge on any atom is -0.226 e. The molecule has 262 valence electrons. The third-order valence-electron chi connectivity index (χ3n) is 10.4. The van der Waals surface area contributed by atoms with Crippen LogP contribution in [0.2, 0.25) is 0 Å². The Morgan fingerprint density at radius 2 is 0.589 bits per heavy atom. The fourth-order valence-electron chi connectivity index (χ4n) is 7.50. The summed E-state index contributed by atoms with van der Waals surface area (Å²) in [5.74, 6) is 1.46. The van der Waals surface area contributed by atoms with Crippen molar-refractivity contribution >= 4 is 63.3 Å². The third kappa shape index (κ3) is 5.66. The first kappa shape index (κ1) is 32.6. The third-order valence-corrected chi connectivity index (χ3v) is 12.7. The lowest BCUT2D eigenvalue weighted by molar-refractivity contribution is 1.24. The predicted molar refractivity (Wildman–Crippen MR) is 236 cm³/mol. The summed E-state index contributed by atoms with van der Waals surface area (Å²) in [5.41, 5.74) is 12.7. The van der Waals surface area contributed by atoms with E-state index >= 15 is 0 Å². The summed E-state index contributed by atoms with van der Waals surface area (Å²) >= 11 is 3.51. The summed E-state index contributed by atoms with van der Waals surface area (Å²) in [7, 11) is 0. The Balaban J connectivity index is 0.887. The van der Waals surface area contributed by atoms with Crippen molar-refractivity contribution in [2.75, 3.05) is 0 Å². The molecule has 6 heteroatoms. The van der Waals surface area contributed by atoms with E-state index in [0.29, 0.717) is 0 Å². The van der Waals surface area contributed by atoms with Crippen LogP contribution in [0.15, 0.2) is 182 Å². The Hall–Kier alpha value is -6.86. The van der Waals surface area contributed by atoms with Crippen LogP contribution < -0.4 is 0 Å². The maximum atomic E-state index is 5.14. The van der Waals surface area contributed by atoms with Gasteiger partial charge in [0.1, 0.15) is 0 Å². The van der Waals surface area contributed by atoms with E-state index < -0.39 is 0 Å². The van der Waals surface area contributed by atoms with E-state index in [1.807, 2.05) is 12.1 Å². The minimum absolute atomic E-state index is 0.732. The lowest BCUT2D eigenvalue weighted by atomic mass is 9.98. The molecule has 0 unspecified atom stereocenters. The highest BCUT2D eigenvalue weighted by molar-refractivity contribution is 7.26. The van der Waals surface area contributed by atoms with Crippen LogP contribution >= 0.6 is 22.7 Å². The largest absolute Gasteiger partial charge is 0.226 e. The van der Waals surface area contributed by atoms with Crippen LogP contribution in [0, 0.1) is 0 Å². The molecular formula is C50H30N4S2. The van der Waals surface area contributed by atoms with Crippen LogP contribution in [0.5, 0.6) is 0 Å². The van der Waals surface area contributed by atoms with Crippen LogP contribution in [0.4, 0.5) is 0 Å². The molecule has 11 aromatic rings. The van der Waals surface area contributed by atoms with E-state index in [0.717, 1.165) is 88.0 Å². The molecule has 4 aromatic heterocycles. The number of hydrogen-bond acceptors (Lipinski definition) is 6. The zero-order valence-corrected chi connectivity index (χ0v) is 31.6. The first-order valence-electron chi connectivity index (χ1n) is 18.5. The van der Waals surface area contributed by atoms with Crippen molar-refractivity contribution < 1.29 is 0 Å². The van der Waals surface area contributed by atoms with Crippen LogP contribution in [-0.4, -0.2) is 19.9 Å². The molecule has 7 aromatic carbocycles. The number of fused-ring (bicyclic) bond motifs is 6. The smallest absolute Gasteiger partial charge is 0.160 e. The Bertz CT molecular complexity index is 2990. The van der Waals surface area contributed by atoms with Crippen molar-refractivity contribution in [2.45, 2.75) is 0 Å². The van der Waals surface area contributed by atoms with Crippen molar-refractivity contribution in [3.05, 3.63) is 182 Å². The number of rotatable bonds is 6. The molecule has 0 fully saturated rings. The highest BCUT2D eigenvalue weighted by Crippen LogP contribution is 2.41. The van der Waals surface area contributed by atoms with Gasteiger partial charge >= 0.3 is 0 Å². The summed E-state index contributed by atoms with van der Waals surface area (Å²) < 4.78 is 4.67. The average molecular weight is 751 g/mol. The Morgan fingerprint density at radius 1 is 0.268 bits per heavy atom. The van der Waals surface area contributed by atoms with Crippen molar-refractivity contribution in [3.8, 4) is 67.5 Å². The molecule has 0 spiro atoms. The fraction of sp³-hybridized carbons (Fsp3) is 0. The molecular weight excluding hydrogens is 721 g/mol. The quantitative estimate of drug-likeness (QED) is 0.170. The van der Waals surface area contributed by atoms with Crippen molar-refractivity contribution in [2.24, 2.45) is 0 Å². The summed E-state index contributed by atoms with van der Waals surface area (Å²) in [6, 6.07) is 63.8. The maximum Gasteiger partial charge on any atom is 0.160 e. The molecule has 0 N–H and O–H groups in total. The molecule has 11 rings (SSSR count). The zero-order chi connectivity index (χ0) is 37.0. The van der Waals surface area contributed by atoms with Gasteiger partial charge in [-0.25, -0.2) is 19.9 Å². The van der Waals surface area contributed by atoms with Crippen molar-refractivity contribution in [1.29, 1.82) is 0 Å². The molecule has 0 aliphatic carbocycles. The molecule has 0 bridgehead atoms. The SMILES string of the molecule is c1ccc(-c2nc(-c3ccc(-c4ccc(-c5ccc(-c6nc(-c7ccccc7)c7sc8ccccc8c7n6)cc5)cc4)cc3)nc3c2sc2ccccc23)cc1. The van der Waals surface area contributed by atoms with Gasteiger partial charge in [-0.1, -0.05) is 170 Å². The Labute approximate surface area is 331 Å². The number of nitrogens with zero attached hydrogens (tertiary/aromatic N) is 4. The van der Waals surface area contributed by atoms with Gasteiger partial charge in [-0.05, 0) is 34.4 Å². The van der Waals surface area contributed by atoms with Crippen molar-refractivity contribution in [3.63, 3.8) is 0 Å². The van der Waals surface area contributed by atoms with Gasteiger partial charge in [-0.3, -0.25) is 0 Å². The first-order valence-corrected chi connectivity index (χ1v) is 20.2.